The number of benzene rings is 2. The van der Waals surface area contributed by atoms with Crippen LogP contribution < -0.4 is 4.74 Å². The largest absolute Gasteiger partial charge is 0.573 e. The minimum Gasteiger partial charge on any atom is -0.406 e. The van der Waals surface area contributed by atoms with Gasteiger partial charge in [-0.3, -0.25) is 4.79 Å². The van der Waals surface area contributed by atoms with Crippen molar-refractivity contribution in [1.82, 2.24) is 0 Å². The van der Waals surface area contributed by atoms with E-state index in [1.165, 1.54) is 24.3 Å². The molecule has 0 aliphatic rings. The third kappa shape index (κ3) is 5.04. The Morgan fingerprint density at radius 1 is 1.10 bits per heavy atom. The van der Waals surface area contributed by atoms with Gasteiger partial charge in [-0.1, -0.05) is 24.3 Å². The summed E-state index contributed by atoms with van der Waals surface area (Å²) in [5.74, 6) is -0.383. The van der Waals surface area contributed by atoms with Crippen LogP contribution in [-0.4, -0.2) is 12.1 Å². The number of hydrogen-bond acceptors (Lipinski definition) is 2. The lowest BCUT2D eigenvalue weighted by Gasteiger charge is -2.09. The molecule has 0 heterocycles. The Balaban J connectivity index is 2.05. The predicted molar refractivity (Wildman–Crippen MR) is 80.3 cm³/mol. The fraction of sp³-hybridized carbons (Fsp3) is 0.133. The summed E-state index contributed by atoms with van der Waals surface area (Å²) in [6, 6.07) is 12.4. The van der Waals surface area contributed by atoms with E-state index in [4.69, 9.17) is 0 Å². The van der Waals surface area contributed by atoms with Crippen LogP contribution in [0.15, 0.2) is 48.5 Å². The number of halogens is 4. The molecule has 2 aromatic carbocycles. The first kappa shape index (κ1) is 15.8. The van der Waals surface area contributed by atoms with Crippen molar-refractivity contribution in [1.29, 1.82) is 0 Å². The molecular weight excluding hydrogens is 396 g/mol. The zero-order valence-corrected chi connectivity index (χ0v) is 12.8. The second-order valence-corrected chi connectivity index (χ2v) is 5.55. The zero-order chi connectivity index (χ0) is 15.5. The number of ether oxygens (including phenoxy) is 1. The molecule has 0 aliphatic carbocycles. The van der Waals surface area contributed by atoms with Crippen LogP contribution in [0.5, 0.6) is 5.75 Å². The van der Waals surface area contributed by atoms with Crippen molar-refractivity contribution in [2.24, 2.45) is 0 Å². The van der Waals surface area contributed by atoms with E-state index in [9.17, 15) is 18.0 Å². The molecule has 21 heavy (non-hydrogen) atoms. The van der Waals surface area contributed by atoms with Crippen LogP contribution in [0.25, 0.3) is 0 Å². The molecule has 0 aliphatic heterocycles. The lowest BCUT2D eigenvalue weighted by Crippen LogP contribution is -2.17. The zero-order valence-electron chi connectivity index (χ0n) is 10.7. The summed E-state index contributed by atoms with van der Waals surface area (Å²) in [4.78, 5) is 12.1. The predicted octanol–water partition coefficient (Wildman–Crippen LogP) is 4.62. The van der Waals surface area contributed by atoms with Crippen molar-refractivity contribution in [2.75, 3.05) is 0 Å². The molecule has 0 bridgehead atoms. The Labute approximate surface area is 133 Å². The Morgan fingerprint density at radius 3 is 2.33 bits per heavy atom. The first-order chi connectivity index (χ1) is 9.83. The van der Waals surface area contributed by atoms with E-state index >= 15 is 0 Å². The van der Waals surface area contributed by atoms with Gasteiger partial charge in [0.05, 0.1) is 0 Å². The summed E-state index contributed by atoms with van der Waals surface area (Å²) in [6.07, 6.45) is -4.58. The van der Waals surface area contributed by atoms with Crippen LogP contribution in [0.2, 0.25) is 0 Å². The standard InChI is InChI=1S/C15H10F3IO2/c16-15(17,18)21-13-6-4-10(5-7-13)8-14(20)11-2-1-3-12(19)9-11/h1-7,9H,8H2. The van der Waals surface area contributed by atoms with Crippen LogP contribution >= 0.6 is 22.6 Å². The molecule has 0 N–H and O–H groups in total. The topological polar surface area (TPSA) is 26.3 Å². The van der Waals surface area contributed by atoms with Gasteiger partial charge in [-0.2, -0.15) is 0 Å². The summed E-state index contributed by atoms with van der Waals surface area (Å²) < 4.78 is 40.8. The van der Waals surface area contributed by atoms with Gasteiger partial charge in [-0.25, -0.2) is 0 Å². The summed E-state index contributed by atoms with van der Waals surface area (Å²) in [6.45, 7) is 0. The van der Waals surface area contributed by atoms with Gasteiger partial charge in [0.1, 0.15) is 5.75 Å². The van der Waals surface area contributed by atoms with Crippen molar-refractivity contribution in [3.05, 3.63) is 63.2 Å². The van der Waals surface area contributed by atoms with E-state index in [1.54, 1.807) is 18.2 Å². The summed E-state index contributed by atoms with van der Waals surface area (Å²) in [5.41, 5.74) is 1.21. The molecular formula is C15H10F3IO2. The van der Waals surface area contributed by atoms with Gasteiger partial charge in [-0.05, 0) is 52.4 Å². The second-order valence-electron chi connectivity index (χ2n) is 4.30. The fourth-order valence-corrected chi connectivity index (χ4v) is 2.30. The van der Waals surface area contributed by atoms with Crippen LogP contribution in [0, 0.1) is 3.57 Å². The molecule has 0 spiro atoms. The van der Waals surface area contributed by atoms with Gasteiger partial charge in [0, 0.05) is 15.6 Å². The highest BCUT2D eigenvalue weighted by molar-refractivity contribution is 14.1. The number of ketones is 1. The van der Waals surface area contributed by atoms with Gasteiger partial charge >= 0.3 is 6.36 Å². The van der Waals surface area contributed by atoms with Crippen LogP contribution in [0.4, 0.5) is 13.2 Å². The normalized spacial score (nSPS) is 11.2. The third-order valence-electron chi connectivity index (χ3n) is 2.67. The average Bonchev–Trinajstić information content (AvgIpc) is 2.39. The van der Waals surface area contributed by atoms with E-state index in [2.05, 4.69) is 27.3 Å². The van der Waals surface area contributed by atoms with Crippen LogP contribution in [0.1, 0.15) is 15.9 Å². The van der Waals surface area contributed by atoms with Gasteiger partial charge in [0.15, 0.2) is 5.78 Å². The molecule has 2 rings (SSSR count). The fourth-order valence-electron chi connectivity index (χ4n) is 1.76. The maximum atomic E-state index is 12.1. The van der Waals surface area contributed by atoms with E-state index in [1.807, 2.05) is 6.07 Å². The van der Waals surface area contributed by atoms with Crippen molar-refractivity contribution in [3.63, 3.8) is 0 Å². The number of carbonyl (C=O) groups is 1. The number of alkyl halides is 3. The van der Waals surface area contributed by atoms with Crippen LogP contribution in [-0.2, 0) is 6.42 Å². The highest BCUT2D eigenvalue weighted by Crippen LogP contribution is 2.23. The Bertz CT molecular complexity index is 636. The van der Waals surface area contributed by atoms with Gasteiger partial charge in [0.25, 0.3) is 0 Å². The van der Waals surface area contributed by atoms with E-state index in [0.29, 0.717) is 11.1 Å². The highest BCUT2D eigenvalue weighted by atomic mass is 127. The van der Waals surface area contributed by atoms with Crippen molar-refractivity contribution in [3.8, 4) is 5.75 Å². The molecule has 110 valence electrons. The average molecular weight is 406 g/mol. The Kier molecular flexibility index (Phi) is 4.87. The smallest absolute Gasteiger partial charge is 0.406 e. The van der Waals surface area contributed by atoms with E-state index in [0.717, 1.165) is 3.57 Å². The maximum absolute atomic E-state index is 12.1. The van der Waals surface area contributed by atoms with Crippen molar-refractivity contribution in [2.45, 2.75) is 12.8 Å². The molecule has 0 atom stereocenters. The number of Topliss-reactive ketones (excluding diaryl/α,β-unsaturated/α-hetero) is 1. The molecule has 0 unspecified atom stereocenters. The van der Waals surface area contributed by atoms with Crippen molar-refractivity contribution >= 4 is 28.4 Å². The molecule has 0 saturated heterocycles. The monoisotopic (exact) mass is 406 g/mol. The van der Waals surface area contributed by atoms with Crippen molar-refractivity contribution < 1.29 is 22.7 Å². The third-order valence-corrected chi connectivity index (χ3v) is 3.34. The maximum Gasteiger partial charge on any atom is 0.573 e. The Morgan fingerprint density at radius 2 is 1.76 bits per heavy atom. The van der Waals surface area contributed by atoms with Gasteiger partial charge in [0.2, 0.25) is 0 Å². The molecule has 0 amide bonds. The molecule has 6 heteroatoms. The number of hydrogen-bond donors (Lipinski definition) is 0. The molecule has 0 radical (unpaired) electrons. The first-order valence-corrected chi connectivity index (χ1v) is 7.05. The molecule has 0 fully saturated rings. The lowest BCUT2D eigenvalue weighted by molar-refractivity contribution is -0.274. The minimum absolute atomic E-state index is 0.0852. The first-order valence-electron chi connectivity index (χ1n) is 5.97. The highest BCUT2D eigenvalue weighted by Gasteiger charge is 2.30. The summed E-state index contributed by atoms with van der Waals surface area (Å²) >= 11 is 2.11. The molecule has 0 saturated carbocycles. The minimum atomic E-state index is -4.71. The number of carbonyl (C=O) groups excluding carboxylic acids is 1. The van der Waals surface area contributed by atoms with Crippen LogP contribution in [0.3, 0.4) is 0 Å². The second kappa shape index (κ2) is 6.46. The number of rotatable bonds is 4. The summed E-state index contributed by atoms with van der Waals surface area (Å²) in [5, 5.41) is 0. The molecule has 2 nitrogen and oxygen atoms in total. The quantitative estimate of drug-likeness (QED) is 0.548. The Hall–Kier alpha value is -1.57. The lowest BCUT2D eigenvalue weighted by atomic mass is 10.0. The van der Waals surface area contributed by atoms with Gasteiger partial charge < -0.3 is 4.74 Å². The summed E-state index contributed by atoms with van der Waals surface area (Å²) in [7, 11) is 0. The SMILES string of the molecule is O=C(Cc1ccc(OC(F)(F)F)cc1)c1cccc(I)c1. The van der Waals surface area contributed by atoms with E-state index < -0.39 is 6.36 Å². The molecule has 0 aromatic heterocycles. The van der Waals surface area contributed by atoms with Gasteiger partial charge in [-0.15, -0.1) is 13.2 Å². The molecule has 2 aromatic rings. The van der Waals surface area contributed by atoms with E-state index in [-0.39, 0.29) is 18.0 Å².